The number of benzene rings is 1. The number of esters is 1. The number of carbonyl (C=O) groups is 1. The van der Waals surface area contributed by atoms with Crippen LogP contribution in [0.2, 0.25) is 5.02 Å². The summed E-state index contributed by atoms with van der Waals surface area (Å²) in [6, 6.07) is 4.27. The van der Waals surface area contributed by atoms with Gasteiger partial charge in [-0.25, -0.2) is 13.2 Å². The van der Waals surface area contributed by atoms with Crippen molar-refractivity contribution in [2.75, 3.05) is 6.61 Å². The minimum Gasteiger partial charge on any atom is -0.462 e. The van der Waals surface area contributed by atoms with Crippen molar-refractivity contribution in [3.8, 4) is 0 Å². The van der Waals surface area contributed by atoms with Crippen molar-refractivity contribution < 1.29 is 17.9 Å². The Kier molecular flexibility index (Phi) is 4.11. The van der Waals surface area contributed by atoms with E-state index in [9.17, 15) is 13.2 Å². The Morgan fingerprint density at radius 3 is 2.67 bits per heavy atom. The molecule has 0 aliphatic carbocycles. The molecule has 82 valence electrons. The average Bonchev–Trinajstić information content (AvgIpc) is 2.17. The largest absolute Gasteiger partial charge is 0.462 e. The van der Waals surface area contributed by atoms with Crippen molar-refractivity contribution in [2.24, 2.45) is 0 Å². The van der Waals surface area contributed by atoms with Gasteiger partial charge in [-0.2, -0.15) is 0 Å². The molecule has 1 aromatic rings. The van der Waals surface area contributed by atoms with E-state index in [0.29, 0.717) is 0 Å². The van der Waals surface area contributed by atoms with E-state index in [-0.39, 0.29) is 22.1 Å². The molecule has 0 N–H and O–H groups in total. The Bertz CT molecular complexity index is 445. The fraction of sp³-hybridized carbons (Fsp3) is 0.222. The smallest absolute Gasteiger partial charge is 0.339 e. The first-order chi connectivity index (χ1) is 7.07. The molecule has 0 unspecified atom stereocenters. The molecular weight excluding hydrogens is 240 g/mol. The molecule has 0 spiro atoms. The van der Waals surface area contributed by atoms with Crippen LogP contribution in [0.4, 0.5) is 0 Å². The molecule has 1 aromatic carbocycles. The number of halogens is 1. The minimum absolute atomic E-state index is 0.0247. The molecule has 4 nitrogen and oxygen atoms in total. The first-order valence-corrected chi connectivity index (χ1v) is 5.73. The molecule has 0 amide bonds. The van der Waals surface area contributed by atoms with E-state index in [1.165, 1.54) is 18.2 Å². The highest BCUT2D eigenvalue weighted by atomic mass is 35.5. The average molecular weight is 249 g/mol. The Labute approximate surface area is 93.8 Å². The number of hydrogen-bond acceptors (Lipinski definition) is 4. The van der Waals surface area contributed by atoms with Gasteiger partial charge in [0.1, 0.15) is 0 Å². The second-order valence-corrected chi connectivity index (χ2v) is 3.98. The van der Waals surface area contributed by atoms with E-state index in [1.807, 2.05) is 0 Å². The van der Waals surface area contributed by atoms with Gasteiger partial charge in [0.25, 0.3) is 0 Å². The Balaban J connectivity index is 3.29. The predicted octanol–water partition coefficient (Wildman–Crippen LogP) is 1.49. The van der Waals surface area contributed by atoms with Crippen LogP contribution in [-0.4, -0.2) is 21.0 Å². The van der Waals surface area contributed by atoms with E-state index in [2.05, 4.69) is 0 Å². The molecule has 1 rings (SSSR count). The summed E-state index contributed by atoms with van der Waals surface area (Å²) in [7, 11) is -2.91. The molecule has 0 radical (unpaired) electrons. The van der Waals surface area contributed by atoms with E-state index >= 15 is 0 Å². The summed E-state index contributed by atoms with van der Waals surface area (Å²) >= 11 is 5.68. The van der Waals surface area contributed by atoms with Crippen LogP contribution in [0.5, 0.6) is 0 Å². The third kappa shape index (κ3) is 2.70. The van der Waals surface area contributed by atoms with Crippen LogP contribution < -0.4 is 0 Å². The molecule has 0 heterocycles. The monoisotopic (exact) mass is 248 g/mol. The highest BCUT2D eigenvalue weighted by molar-refractivity contribution is 7.72. The van der Waals surface area contributed by atoms with E-state index in [1.54, 1.807) is 6.92 Å². The van der Waals surface area contributed by atoms with Crippen LogP contribution in [0, 0.1) is 0 Å². The maximum Gasteiger partial charge on any atom is 0.339 e. The molecule has 0 bridgehead atoms. The quantitative estimate of drug-likeness (QED) is 0.650. The summed E-state index contributed by atoms with van der Waals surface area (Å²) in [4.78, 5) is 11.2. The molecule has 0 saturated heterocycles. The molecule has 15 heavy (non-hydrogen) atoms. The summed E-state index contributed by atoms with van der Waals surface area (Å²) in [5.74, 6) is -0.686. The summed E-state index contributed by atoms with van der Waals surface area (Å²) in [6.45, 7) is 1.82. The first kappa shape index (κ1) is 12.0. The maximum atomic E-state index is 11.4. The summed E-state index contributed by atoms with van der Waals surface area (Å²) < 4.78 is 26.5. The zero-order chi connectivity index (χ0) is 11.4. The summed E-state index contributed by atoms with van der Waals surface area (Å²) in [6.07, 6.45) is 0. The number of ether oxygens (including phenoxy) is 1. The van der Waals surface area contributed by atoms with Crippen molar-refractivity contribution in [2.45, 2.75) is 11.8 Å². The van der Waals surface area contributed by atoms with Crippen molar-refractivity contribution >= 4 is 28.3 Å². The van der Waals surface area contributed by atoms with Crippen LogP contribution in [0.1, 0.15) is 17.3 Å². The first-order valence-electron chi connectivity index (χ1n) is 4.18. The number of hydrogen-bond donors (Lipinski definition) is 1. The maximum absolute atomic E-state index is 11.4. The van der Waals surface area contributed by atoms with Gasteiger partial charge in [0.15, 0.2) is 10.7 Å². The molecule has 0 saturated carbocycles. The lowest BCUT2D eigenvalue weighted by atomic mass is 10.2. The highest BCUT2D eigenvalue weighted by Crippen LogP contribution is 2.22. The van der Waals surface area contributed by atoms with Crippen LogP contribution >= 0.6 is 11.6 Å². The van der Waals surface area contributed by atoms with Gasteiger partial charge in [-0.1, -0.05) is 17.7 Å². The fourth-order valence-electron chi connectivity index (χ4n) is 1.07. The van der Waals surface area contributed by atoms with Crippen molar-refractivity contribution in [1.82, 2.24) is 0 Å². The lowest BCUT2D eigenvalue weighted by Gasteiger charge is -2.05. The molecule has 6 heteroatoms. The van der Waals surface area contributed by atoms with Gasteiger partial charge in [0, 0.05) is 0 Å². The lowest BCUT2D eigenvalue weighted by Crippen LogP contribution is -2.07. The van der Waals surface area contributed by atoms with E-state index < -0.39 is 16.7 Å². The third-order valence-corrected chi connectivity index (χ3v) is 2.96. The van der Waals surface area contributed by atoms with Crippen molar-refractivity contribution in [3.63, 3.8) is 0 Å². The second kappa shape index (κ2) is 5.14. The highest BCUT2D eigenvalue weighted by Gasteiger charge is 2.16. The van der Waals surface area contributed by atoms with Crippen LogP contribution in [0.25, 0.3) is 0 Å². The zero-order valence-electron chi connectivity index (χ0n) is 7.90. The Morgan fingerprint density at radius 2 is 2.13 bits per heavy atom. The molecule has 0 aliphatic heterocycles. The van der Waals surface area contributed by atoms with Crippen LogP contribution in [-0.2, 0) is 15.4 Å². The molecule has 0 aliphatic rings. The molecule has 0 fully saturated rings. The number of thiol groups is 1. The van der Waals surface area contributed by atoms with Gasteiger partial charge in [-0.15, -0.1) is 0 Å². The lowest BCUT2D eigenvalue weighted by molar-refractivity contribution is 0.0522. The van der Waals surface area contributed by atoms with Gasteiger partial charge in [0.05, 0.1) is 22.1 Å². The third-order valence-electron chi connectivity index (χ3n) is 1.66. The van der Waals surface area contributed by atoms with Gasteiger partial charge < -0.3 is 4.74 Å². The fourth-order valence-corrected chi connectivity index (χ4v) is 2.07. The van der Waals surface area contributed by atoms with Crippen molar-refractivity contribution in [3.05, 3.63) is 28.8 Å². The molecule has 0 atom stereocenters. The molecular formula is C9H9ClO4S. The van der Waals surface area contributed by atoms with Gasteiger partial charge in [-0.3, -0.25) is 0 Å². The second-order valence-electron chi connectivity index (χ2n) is 2.61. The number of rotatable bonds is 3. The summed E-state index contributed by atoms with van der Waals surface area (Å²) in [5.41, 5.74) is -0.0274. The van der Waals surface area contributed by atoms with E-state index in [0.717, 1.165) is 0 Å². The molecule has 0 aromatic heterocycles. The topological polar surface area (TPSA) is 60.4 Å². The Morgan fingerprint density at radius 1 is 1.47 bits per heavy atom. The van der Waals surface area contributed by atoms with Crippen molar-refractivity contribution in [1.29, 1.82) is 0 Å². The standard InChI is InChI=1S/C9H9ClO4S/c1-2-14-9(11)6-4-3-5-7(10)8(6)15(12)13/h3-5,15H,2H2,1H3. The number of carbonyl (C=O) groups excluding carboxylic acids is 1. The van der Waals surface area contributed by atoms with Gasteiger partial charge in [-0.05, 0) is 19.1 Å². The SMILES string of the molecule is CCOC(=O)c1cccc(Cl)c1[SH](=O)=O. The zero-order valence-corrected chi connectivity index (χ0v) is 9.55. The van der Waals surface area contributed by atoms with Gasteiger partial charge >= 0.3 is 5.97 Å². The van der Waals surface area contributed by atoms with Gasteiger partial charge in [0.2, 0.25) is 0 Å². The van der Waals surface area contributed by atoms with Crippen LogP contribution in [0.15, 0.2) is 23.1 Å². The Hall–Kier alpha value is -1.07. The predicted molar refractivity (Wildman–Crippen MR) is 56.0 cm³/mol. The minimum atomic E-state index is -2.91. The van der Waals surface area contributed by atoms with Crippen LogP contribution in [0.3, 0.4) is 0 Å². The van der Waals surface area contributed by atoms with E-state index in [4.69, 9.17) is 16.3 Å². The normalized spacial score (nSPS) is 10.3. The summed E-state index contributed by atoms with van der Waals surface area (Å²) in [5, 5.41) is 0.0247.